The lowest BCUT2D eigenvalue weighted by Gasteiger charge is -2.15. The predicted molar refractivity (Wildman–Crippen MR) is 92.9 cm³/mol. The normalized spacial score (nSPS) is 12.4. The minimum atomic E-state index is -0.196. The first-order valence-electron chi connectivity index (χ1n) is 6.33. The molecule has 1 atom stereocenters. The van der Waals surface area contributed by atoms with Gasteiger partial charge in [-0.15, -0.1) is 0 Å². The summed E-state index contributed by atoms with van der Waals surface area (Å²) in [7, 11) is 0. The van der Waals surface area contributed by atoms with Crippen molar-refractivity contribution in [2.24, 2.45) is 5.92 Å². The molecule has 0 bridgehead atoms. The van der Waals surface area contributed by atoms with Crippen molar-refractivity contribution in [2.45, 2.75) is 12.8 Å². The fraction of sp³-hybridized carbons (Fsp3) is 0.250. The second kappa shape index (κ2) is 7.71. The van der Waals surface area contributed by atoms with E-state index in [0.717, 1.165) is 28.2 Å². The quantitative estimate of drug-likeness (QED) is 0.466. The summed E-state index contributed by atoms with van der Waals surface area (Å²) in [5.74, 6) is 0.237. The monoisotopic (exact) mass is 462 g/mol. The third-order valence-electron chi connectivity index (χ3n) is 3.17. The molecule has 0 aliphatic heterocycles. The van der Waals surface area contributed by atoms with E-state index in [4.69, 9.17) is 0 Å². The molecule has 0 amide bonds. The summed E-state index contributed by atoms with van der Waals surface area (Å²) in [5.41, 5.74) is 2.31. The lowest BCUT2D eigenvalue weighted by atomic mass is 9.94. The first-order chi connectivity index (χ1) is 9.60. The number of hydrogen-bond acceptors (Lipinski definition) is 0. The molecule has 0 aliphatic carbocycles. The van der Waals surface area contributed by atoms with Crippen molar-refractivity contribution in [3.63, 3.8) is 0 Å². The summed E-state index contributed by atoms with van der Waals surface area (Å²) < 4.78 is 15.2. The van der Waals surface area contributed by atoms with Crippen molar-refractivity contribution in [3.05, 3.63) is 68.4 Å². The Morgan fingerprint density at radius 2 is 1.75 bits per heavy atom. The Bertz CT molecular complexity index is 584. The number of rotatable bonds is 5. The average molecular weight is 465 g/mol. The van der Waals surface area contributed by atoms with Crippen LogP contribution in [0.15, 0.2) is 51.4 Å². The molecule has 106 valence electrons. The Balaban J connectivity index is 2.11. The largest absolute Gasteiger partial charge is 0.206 e. The van der Waals surface area contributed by atoms with E-state index >= 15 is 0 Å². The smallest absolute Gasteiger partial charge is 0.137 e. The molecular weight excluding hydrogens is 451 g/mol. The summed E-state index contributed by atoms with van der Waals surface area (Å²) in [6.45, 7) is 0. The van der Waals surface area contributed by atoms with Crippen LogP contribution in [0.25, 0.3) is 0 Å². The Morgan fingerprint density at radius 1 is 1.00 bits per heavy atom. The van der Waals surface area contributed by atoms with Crippen molar-refractivity contribution in [3.8, 4) is 0 Å². The van der Waals surface area contributed by atoms with E-state index < -0.39 is 0 Å². The standard InChI is InChI=1S/C16H14Br3F/c17-10-12(7-11-3-1-5-14(18)9-11)8-13-4-2-6-15(20)16(13)19/h1-6,9,12H,7-8,10H2. The predicted octanol–water partition coefficient (Wildman–Crippen LogP) is 6.15. The Hall–Kier alpha value is -0.190. The zero-order valence-electron chi connectivity index (χ0n) is 10.8. The van der Waals surface area contributed by atoms with Gasteiger partial charge in [-0.2, -0.15) is 0 Å². The molecule has 2 rings (SSSR count). The highest BCUT2D eigenvalue weighted by atomic mass is 79.9. The molecule has 0 fully saturated rings. The van der Waals surface area contributed by atoms with E-state index in [9.17, 15) is 4.39 Å². The maximum Gasteiger partial charge on any atom is 0.137 e. The highest BCUT2D eigenvalue weighted by Gasteiger charge is 2.13. The first-order valence-corrected chi connectivity index (χ1v) is 9.04. The molecule has 0 N–H and O–H groups in total. The lowest BCUT2D eigenvalue weighted by molar-refractivity contribution is 0.578. The molecule has 0 saturated heterocycles. The SMILES string of the molecule is Fc1cccc(CC(CBr)Cc2cccc(Br)c2)c1Br. The second-order valence-electron chi connectivity index (χ2n) is 4.77. The topological polar surface area (TPSA) is 0 Å². The second-order valence-corrected chi connectivity index (χ2v) is 7.13. The van der Waals surface area contributed by atoms with Crippen LogP contribution in [-0.2, 0) is 12.8 Å². The summed E-state index contributed by atoms with van der Waals surface area (Å²) >= 11 is 10.4. The van der Waals surface area contributed by atoms with Crippen LogP contribution in [0.3, 0.4) is 0 Å². The lowest BCUT2D eigenvalue weighted by Crippen LogP contribution is -2.10. The van der Waals surface area contributed by atoms with Crippen LogP contribution in [0.1, 0.15) is 11.1 Å². The molecule has 2 aromatic carbocycles. The van der Waals surface area contributed by atoms with Gasteiger partial charge in [0.2, 0.25) is 0 Å². The molecule has 0 nitrogen and oxygen atoms in total. The molecule has 0 saturated carbocycles. The average Bonchev–Trinajstić information content (AvgIpc) is 2.43. The minimum Gasteiger partial charge on any atom is -0.206 e. The third kappa shape index (κ3) is 4.40. The number of benzene rings is 2. The molecule has 0 aromatic heterocycles. The van der Waals surface area contributed by atoms with Crippen molar-refractivity contribution >= 4 is 47.8 Å². The maximum absolute atomic E-state index is 13.5. The fourth-order valence-corrected chi connectivity index (χ4v) is 3.53. The van der Waals surface area contributed by atoms with Crippen LogP contribution in [0, 0.1) is 11.7 Å². The molecule has 2 aromatic rings. The van der Waals surface area contributed by atoms with E-state index in [-0.39, 0.29) is 5.82 Å². The van der Waals surface area contributed by atoms with Crippen molar-refractivity contribution in [1.82, 2.24) is 0 Å². The van der Waals surface area contributed by atoms with Crippen molar-refractivity contribution in [2.75, 3.05) is 5.33 Å². The van der Waals surface area contributed by atoms with Crippen LogP contribution >= 0.6 is 47.8 Å². The van der Waals surface area contributed by atoms with Crippen LogP contribution < -0.4 is 0 Å². The summed E-state index contributed by atoms with van der Waals surface area (Å²) in [5, 5.41) is 0.891. The van der Waals surface area contributed by atoms with Gasteiger partial charge < -0.3 is 0 Å². The molecule has 0 radical (unpaired) electrons. The van der Waals surface area contributed by atoms with Crippen molar-refractivity contribution < 1.29 is 4.39 Å². The van der Waals surface area contributed by atoms with Gasteiger partial charge >= 0.3 is 0 Å². The molecule has 0 spiro atoms. The first kappa shape index (κ1) is 16.2. The van der Waals surface area contributed by atoms with E-state index in [1.807, 2.05) is 18.2 Å². The van der Waals surface area contributed by atoms with Crippen LogP contribution in [0.5, 0.6) is 0 Å². The maximum atomic E-state index is 13.5. The minimum absolute atomic E-state index is 0.196. The van der Waals surface area contributed by atoms with Gasteiger partial charge in [0.05, 0.1) is 4.47 Å². The summed E-state index contributed by atoms with van der Waals surface area (Å²) in [6.07, 6.45) is 1.81. The highest BCUT2D eigenvalue weighted by molar-refractivity contribution is 9.10. The summed E-state index contributed by atoms with van der Waals surface area (Å²) in [6, 6.07) is 13.5. The zero-order chi connectivity index (χ0) is 14.5. The van der Waals surface area contributed by atoms with Crippen molar-refractivity contribution in [1.29, 1.82) is 0 Å². The van der Waals surface area contributed by atoms with Gasteiger partial charge in [0.25, 0.3) is 0 Å². The van der Waals surface area contributed by atoms with Gasteiger partial charge in [0, 0.05) is 9.80 Å². The molecule has 0 aliphatic rings. The number of hydrogen-bond donors (Lipinski definition) is 0. The fourth-order valence-electron chi connectivity index (χ4n) is 2.20. The number of halogens is 4. The van der Waals surface area contributed by atoms with Gasteiger partial charge in [-0.05, 0) is 64.0 Å². The molecule has 20 heavy (non-hydrogen) atoms. The third-order valence-corrected chi connectivity index (χ3v) is 5.47. The van der Waals surface area contributed by atoms with Gasteiger partial charge in [0.15, 0.2) is 0 Å². The molecular formula is C16H14Br3F. The molecule has 0 heterocycles. The van der Waals surface area contributed by atoms with E-state index in [0.29, 0.717) is 10.4 Å². The van der Waals surface area contributed by atoms with Gasteiger partial charge in [-0.3, -0.25) is 0 Å². The van der Waals surface area contributed by atoms with Crippen LogP contribution in [0.2, 0.25) is 0 Å². The summed E-state index contributed by atoms with van der Waals surface area (Å²) in [4.78, 5) is 0. The Kier molecular flexibility index (Phi) is 6.24. The van der Waals surface area contributed by atoms with Gasteiger partial charge in [0.1, 0.15) is 5.82 Å². The van der Waals surface area contributed by atoms with Gasteiger partial charge in [-0.1, -0.05) is 56.1 Å². The molecule has 4 heteroatoms. The highest BCUT2D eigenvalue weighted by Crippen LogP contribution is 2.25. The Morgan fingerprint density at radius 3 is 2.45 bits per heavy atom. The van der Waals surface area contributed by atoms with E-state index in [2.05, 4.69) is 59.9 Å². The van der Waals surface area contributed by atoms with E-state index in [1.165, 1.54) is 11.6 Å². The molecule has 1 unspecified atom stereocenters. The van der Waals surface area contributed by atoms with Crippen LogP contribution in [0.4, 0.5) is 4.39 Å². The Labute approximate surface area is 144 Å². The number of alkyl halides is 1. The van der Waals surface area contributed by atoms with Crippen LogP contribution in [-0.4, -0.2) is 5.33 Å². The zero-order valence-corrected chi connectivity index (χ0v) is 15.5. The van der Waals surface area contributed by atoms with Gasteiger partial charge in [-0.25, -0.2) is 4.39 Å². The van der Waals surface area contributed by atoms with E-state index in [1.54, 1.807) is 6.07 Å².